The molecule has 14 heteroatoms. The second-order valence-corrected chi connectivity index (χ2v) is 10.9. The summed E-state index contributed by atoms with van der Waals surface area (Å²) in [6.45, 7) is 0. The molecule has 154 valence electrons. The molecule has 4 heterocycles. The van der Waals surface area contributed by atoms with Gasteiger partial charge in [-0.25, -0.2) is 9.78 Å². The van der Waals surface area contributed by atoms with E-state index in [1.165, 1.54) is 22.0 Å². The van der Waals surface area contributed by atoms with Crippen molar-refractivity contribution in [2.24, 2.45) is 5.16 Å². The highest BCUT2D eigenvalue weighted by atomic mass is 32.2. The van der Waals surface area contributed by atoms with E-state index in [0.29, 0.717) is 5.75 Å². The van der Waals surface area contributed by atoms with E-state index in [9.17, 15) is 24.7 Å². The number of thioether (sulfide) groups is 3. The number of aromatic nitrogens is 1. The Balaban J connectivity index is 1.52. The number of carbonyl (C=O) groups is 3. The number of hydrogen-bond donors (Lipinski definition) is 4. The van der Waals surface area contributed by atoms with Crippen LogP contribution in [-0.2, 0) is 14.4 Å². The Kier molecular flexibility index (Phi) is 5.68. The molecule has 0 saturated carbocycles. The molecule has 2 fully saturated rings. The first-order valence-corrected chi connectivity index (χ1v) is 12.3. The van der Waals surface area contributed by atoms with Gasteiger partial charge in [0.25, 0.3) is 11.8 Å². The van der Waals surface area contributed by atoms with Gasteiger partial charge in [-0.2, -0.15) is 0 Å². The second-order valence-electron chi connectivity index (χ2n) is 6.13. The molecule has 2 amide bonds. The minimum absolute atomic E-state index is 0.0134. The number of carbonyl (C=O) groups excluding carboxylic acids is 2. The van der Waals surface area contributed by atoms with E-state index in [0.717, 1.165) is 28.4 Å². The predicted octanol–water partition coefficient (Wildman–Crippen LogP) is 0.448. The smallest absolute Gasteiger partial charge is 0.352 e. The van der Waals surface area contributed by atoms with Crippen molar-refractivity contribution in [3.63, 3.8) is 0 Å². The molecular formula is C15H15N5O5S4. The first-order valence-electron chi connectivity index (χ1n) is 8.31. The number of aliphatic carboxylic acids is 1. The van der Waals surface area contributed by atoms with Crippen LogP contribution in [0.25, 0.3) is 0 Å². The molecule has 1 aromatic rings. The molecule has 29 heavy (non-hydrogen) atoms. The lowest BCUT2D eigenvalue weighted by molar-refractivity contribution is -0.150. The molecule has 2 saturated heterocycles. The zero-order valence-electron chi connectivity index (χ0n) is 14.6. The molecule has 1 unspecified atom stereocenters. The van der Waals surface area contributed by atoms with Crippen LogP contribution in [0.5, 0.6) is 0 Å². The summed E-state index contributed by atoms with van der Waals surface area (Å²) in [5.74, 6) is -0.0877. The summed E-state index contributed by atoms with van der Waals surface area (Å²) in [6, 6.07) is -0.917. The molecule has 2 atom stereocenters. The minimum Gasteiger partial charge on any atom is -0.477 e. The van der Waals surface area contributed by atoms with Crippen molar-refractivity contribution in [2.75, 3.05) is 23.0 Å². The van der Waals surface area contributed by atoms with Crippen molar-refractivity contribution in [1.82, 2.24) is 15.2 Å². The normalized spacial score (nSPS) is 25.0. The van der Waals surface area contributed by atoms with E-state index in [4.69, 9.17) is 5.73 Å². The number of anilines is 1. The number of carboxylic acids is 1. The molecule has 0 aliphatic carbocycles. The summed E-state index contributed by atoms with van der Waals surface area (Å²) in [6.07, 6.45) is 0. The number of rotatable bonds is 5. The number of nitrogens with one attached hydrogen (secondary N) is 1. The Hall–Kier alpha value is -1.90. The average Bonchev–Trinajstić information content (AvgIpc) is 3.37. The van der Waals surface area contributed by atoms with Gasteiger partial charge in [0, 0.05) is 22.6 Å². The molecule has 1 aromatic heterocycles. The Morgan fingerprint density at radius 2 is 2.03 bits per heavy atom. The number of β-lactam (4-membered cyclic amide) rings is 1. The SMILES string of the molecule is Nc1nc(/C(=N/O)C(=O)NC2C(=O)N3C(C(=O)O)=C(C4SCCS4)CS[C@@H]23)cs1. The van der Waals surface area contributed by atoms with Crippen LogP contribution in [0.2, 0.25) is 0 Å². The highest BCUT2D eigenvalue weighted by molar-refractivity contribution is 8.20. The molecule has 5 N–H and O–H groups in total. The lowest BCUT2D eigenvalue weighted by Crippen LogP contribution is -2.71. The van der Waals surface area contributed by atoms with E-state index in [2.05, 4.69) is 15.5 Å². The maximum atomic E-state index is 12.7. The van der Waals surface area contributed by atoms with Gasteiger partial charge in [-0.3, -0.25) is 14.5 Å². The number of thiazole rings is 1. The third-order valence-corrected chi connectivity index (χ3v) is 9.58. The Morgan fingerprint density at radius 1 is 1.31 bits per heavy atom. The van der Waals surface area contributed by atoms with Gasteiger partial charge in [-0.15, -0.1) is 46.6 Å². The molecule has 0 radical (unpaired) electrons. The van der Waals surface area contributed by atoms with Gasteiger partial charge in [0.1, 0.15) is 22.8 Å². The van der Waals surface area contributed by atoms with Crippen LogP contribution in [0.15, 0.2) is 21.8 Å². The van der Waals surface area contributed by atoms with Gasteiger partial charge in [-0.05, 0) is 5.57 Å². The predicted molar refractivity (Wildman–Crippen MR) is 113 cm³/mol. The molecule has 4 rings (SSSR count). The fraction of sp³-hybridized carbons (Fsp3) is 0.400. The third-order valence-electron chi connectivity index (χ3n) is 4.47. The highest BCUT2D eigenvalue weighted by Gasteiger charge is 2.55. The van der Waals surface area contributed by atoms with Crippen molar-refractivity contribution in [3.8, 4) is 0 Å². The summed E-state index contributed by atoms with van der Waals surface area (Å²) < 4.78 is 0.0271. The minimum atomic E-state index is -1.15. The number of nitrogens with zero attached hydrogens (tertiary/aromatic N) is 3. The van der Waals surface area contributed by atoms with E-state index in [1.54, 1.807) is 23.5 Å². The molecule has 0 bridgehead atoms. The van der Waals surface area contributed by atoms with Crippen LogP contribution in [0.4, 0.5) is 5.13 Å². The van der Waals surface area contributed by atoms with Crippen LogP contribution in [0, 0.1) is 0 Å². The standard InChI is InChI=1S/C15H15N5O5S4/c16-15-17-6(4-29-15)7(19-25)10(21)18-8-11(22)20-9(13(23)24)5(3-28-12(8)20)14-26-1-2-27-14/h4,8,12,14,25H,1-3H2,(H2,16,17)(H,18,21)(H,23,24)/b19-7-/t8?,12-/m0/s1. The van der Waals surface area contributed by atoms with E-state index >= 15 is 0 Å². The van der Waals surface area contributed by atoms with Gasteiger partial charge in [-0.1, -0.05) is 5.16 Å². The quantitative estimate of drug-likeness (QED) is 0.205. The van der Waals surface area contributed by atoms with E-state index in [1.807, 2.05) is 0 Å². The number of hydrogen-bond acceptors (Lipinski definition) is 11. The van der Waals surface area contributed by atoms with E-state index in [-0.39, 0.29) is 26.8 Å². The van der Waals surface area contributed by atoms with Crippen molar-refractivity contribution in [1.29, 1.82) is 0 Å². The average molecular weight is 474 g/mol. The van der Waals surface area contributed by atoms with Crippen molar-refractivity contribution < 1.29 is 24.7 Å². The molecule has 0 spiro atoms. The lowest BCUT2D eigenvalue weighted by Gasteiger charge is -2.49. The summed E-state index contributed by atoms with van der Waals surface area (Å²) in [5.41, 5.74) is 6.02. The van der Waals surface area contributed by atoms with Crippen LogP contribution in [0.1, 0.15) is 5.69 Å². The van der Waals surface area contributed by atoms with Gasteiger partial charge in [0.05, 0.1) is 4.58 Å². The molecule has 3 aliphatic heterocycles. The number of nitrogens with two attached hydrogens (primary N) is 1. The molecular weight excluding hydrogens is 458 g/mol. The van der Waals surface area contributed by atoms with Gasteiger partial charge in [0.15, 0.2) is 10.8 Å². The Labute approximate surface area is 181 Å². The molecule has 0 aromatic carbocycles. The maximum absolute atomic E-state index is 12.7. The monoisotopic (exact) mass is 473 g/mol. The first kappa shape index (κ1) is 20.4. The number of fused-ring (bicyclic) bond motifs is 1. The number of oxime groups is 1. The zero-order valence-corrected chi connectivity index (χ0v) is 17.9. The highest BCUT2D eigenvalue weighted by Crippen LogP contribution is 2.47. The summed E-state index contributed by atoms with van der Waals surface area (Å²) >= 11 is 5.84. The molecule has 10 nitrogen and oxygen atoms in total. The number of carboxylic acid groups (broad SMARTS) is 1. The van der Waals surface area contributed by atoms with Crippen LogP contribution < -0.4 is 11.1 Å². The van der Waals surface area contributed by atoms with Gasteiger partial charge in [0.2, 0.25) is 0 Å². The number of nitrogen functional groups attached to an aromatic ring is 1. The Bertz CT molecular complexity index is 941. The summed E-state index contributed by atoms with van der Waals surface area (Å²) in [4.78, 5) is 42.2. The van der Waals surface area contributed by atoms with Crippen LogP contribution >= 0.6 is 46.6 Å². The second kappa shape index (κ2) is 8.08. The van der Waals surface area contributed by atoms with Crippen molar-refractivity contribution >= 4 is 75.2 Å². The fourth-order valence-electron chi connectivity index (χ4n) is 3.20. The van der Waals surface area contributed by atoms with E-state index < -0.39 is 29.2 Å². The first-order chi connectivity index (χ1) is 13.9. The molecule has 3 aliphatic rings. The van der Waals surface area contributed by atoms with Crippen molar-refractivity contribution in [2.45, 2.75) is 16.0 Å². The van der Waals surface area contributed by atoms with Gasteiger partial charge >= 0.3 is 5.97 Å². The zero-order chi connectivity index (χ0) is 20.7. The maximum Gasteiger partial charge on any atom is 0.352 e. The van der Waals surface area contributed by atoms with Gasteiger partial charge < -0.3 is 21.4 Å². The van der Waals surface area contributed by atoms with Crippen molar-refractivity contribution in [3.05, 3.63) is 22.3 Å². The topological polar surface area (TPSA) is 158 Å². The lowest BCUT2D eigenvalue weighted by atomic mass is 10.0. The fourth-order valence-corrected chi connectivity index (χ4v) is 8.30. The number of amides is 2. The Morgan fingerprint density at radius 3 is 2.62 bits per heavy atom. The largest absolute Gasteiger partial charge is 0.477 e. The van der Waals surface area contributed by atoms with Crippen LogP contribution in [0.3, 0.4) is 0 Å². The van der Waals surface area contributed by atoms with Crippen LogP contribution in [-0.4, -0.2) is 76.9 Å². The summed E-state index contributed by atoms with van der Waals surface area (Å²) in [7, 11) is 0. The summed E-state index contributed by atoms with van der Waals surface area (Å²) in [5, 5.41) is 25.5. The third kappa shape index (κ3) is 3.58.